The third-order valence-corrected chi connectivity index (χ3v) is 10.9. The average Bonchev–Trinajstić information content (AvgIpc) is 3.22. The molecule has 37 heavy (non-hydrogen) atoms. The van der Waals surface area contributed by atoms with Gasteiger partial charge in [0.1, 0.15) is 11.0 Å². The molecule has 0 spiro atoms. The summed E-state index contributed by atoms with van der Waals surface area (Å²) in [5, 5.41) is 7.32. The Kier molecular flexibility index (Phi) is 8.54. The first-order valence-corrected chi connectivity index (χ1v) is 15.5. The molecule has 5 fully saturated rings. The fourth-order valence-electron chi connectivity index (χ4n) is 7.14. The van der Waals surface area contributed by atoms with E-state index >= 15 is 0 Å². The van der Waals surface area contributed by atoms with Crippen LogP contribution in [0.3, 0.4) is 0 Å². The van der Waals surface area contributed by atoms with E-state index in [9.17, 15) is 9.59 Å². The van der Waals surface area contributed by atoms with Gasteiger partial charge >= 0.3 is 0 Å². The number of benzene rings is 1. The molecular weight excluding hydrogens is 529 g/mol. The van der Waals surface area contributed by atoms with Gasteiger partial charge in [0.2, 0.25) is 5.91 Å². The lowest BCUT2D eigenvalue weighted by Crippen LogP contribution is -2.84. The molecule has 2 amide bonds. The Bertz CT molecular complexity index is 979. The first kappa shape index (κ1) is 27.4. The Morgan fingerprint density at radius 2 is 1.59 bits per heavy atom. The van der Waals surface area contributed by atoms with Gasteiger partial charge in [0, 0.05) is 23.2 Å². The van der Waals surface area contributed by atoms with Crippen LogP contribution in [0.25, 0.3) is 0 Å². The molecule has 5 aliphatic rings. The number of rotatable bonds is 7. The second-order valence-corrected chi connectivity index (χ2v) is 13.6. The van der Waals surface area contributed by atoms with Gasteiger partial charge in [-0.3, -0.25) is 14.3 Å². The van der Waals surface area contributed by atoms with Crippen LogP contribution in [-0.4, -0.2) is 40.8 Å². The molecule has 0 aromatic heterocycles. The summed E-state index contributed by atoms with van der Waals surface area (Å²) in [6.45, 7) is 2.17. The largest absolute Gasteiger partial charge is 0.484 e. The van der Waals surface area contributed by atoms with Crippen LogP contribution in [0.15, 0.2) is 18.2 Å². The molecule has 6 nitrogen and oxygen atoms in total. The van der Waals surface area contributed by atoms with E-state index in [0.29, 0.717) is 33.7 Å². The monoisotopic (exact) mass is 567 g/mol. The number of carbonyl (C=O) groups is 2. The van der Waals surface area contributed by atoms with Crippen molar-refractivity contribution < 1.29 is 14.3 Å². The lowest BCUT2D eigenvalue weighted by atomic mass is 9.44. The Morgan fingerprint density at radius 1 is 0.973 bits per heavy atom. The highest BCUT2D eigenvalue weighted by molar-refractivity contribution is 7.99. The molecule has 3 N–H and O–H groups in total. The fraction of sp³-hybridized carbons (Fsp3) is 0.714. The first-order valence-electron chi connectivity index (χ1n) is 13.9. The number of carbonyl (C=O) groups excluding carboxylic acids is 2. The predicted molar refractivity (Wildman–Crippen MR) is 150 cm³/mol. The summed E-state index contributed by atoms with van der Waals surface area (Å²) in [5.74, 6) is 1.51. The fourth-order valence-corrected chi connectivity index (χ4v) is 8.73. The summed E-state index contributed by atoms with van der Waals surface area (Å²) in [6.07, 6.45) is 14.2. The zero-order valence-electron chi connectivity index (χ0n) is 21.6. The molecular formula is C28H39Cl2N3O3S. The van der Waals surface area contributed by atoms with Crippen LogP contribution < -0.4 is 20.1 Å². The molecule has 3 atom stereocenters. The van der Waals surface area contributed by atoms with Crippen LogP contribution >= 0.6 is 35.1 Å². The molecule has 1 aromatic rings. The molecule has 0 radical (unpaired) electrons. The Labute approximate surface area is 234 Å². The maximum Gasteiger partial charge on any atom is 0.258 e. The van der Waals surface area contributed by atoms with E-state index in [4.69, 9.17) is 27.9 Å². The molecule has 1 aromatic carbocycles. The zero-order valence-corrected chi connectivity index (χ0v) is 24.0. The lowest BCUT2D eigenvalue weighted by molar-refractivity contribution is -0.150. The van der Waals surface area contributed by atoms with Crippen LogP contribution in [0.5, 0.6) is 5.75 Å². The van der Waals surface area contributed by atoms with Gasteiger partial charge in [0.25, 0.3) is 5.91 Å². The molecule has 1 heterocycles. The summed E-state index contributed by atoms with van der Waals surface area (Å²) >= 11 is 13.6. The minimum Gasteiger partial charge on any atom is -0.484 e. The number of amides is 2. The summed E-state index contributed by atoms with van der Waals surface area (Å²) < 4.78 is 9.10. The van der Waals surface area contributed by atoms with Gasteiger partial charge in [-0.15, -0.1) is 0 Å². The molecule has 1 saturated heterocycles. The van der Waals surface area contributed by atoms with Crippen molar-refractivity contribution in [1.29, 1.82) is 0 Å². The van der Waals surface area contributed by atoms with Crippen LogP contribution in [0, 0.1) is 11.8 Å². The minimum absolute atomic E-state index is 0.0397. The van der Waals surface area contributed by atoms with Crippen molar-refractivity contribution in [3.8, 4) is 5.75 Å². The maximum absolute atomic E-state index is 13.5. The van der Waals surface area contributed by atoms with E-state index in [1.807, 2.05) is 0 Å². The molecule has 4 saturated carbocycles. The standard InChI is InChI=1S/C28H39Cl2N3O3S/c1-18-24(19-9-7-5-3-2-4-6-8-10-19)25(37-33-18)26(35)32-28-15-27(16-28,17-28)31-23(34)14-36-20-11-12-21(29)22(30)13-20/h11-13,18-19,24-25,33H,2-10,14-17H2,1H3,(H,31,34)(H,32,35). The van der Waals surface area contributed by atoms with Crippen LogP contribution in [0.4, 0.5) is 0 Å². The zero-order chi connectivity index (χ0) is 26.0. The van der Waals surface area contributed by atoms with Crippen LogP contribution in [-0.2, 0) is 9.59 Å². The summed E-state index contributed by atoms with van der Waals surface area (Å²) in [7, 11) is 0. The first-order chi connectivity index (χ1) is 17.8. The number of hydrogen-bond acceptors (Lipinski definition) is 5. The van der Waals surface area contributed by atoms with Crippen molar-refractivity contribution in [1.82, 2.24) is 15.4 Å². The molecule has 2 bridgehead atoms. The highest BCUT2D eigenvalue weighted by Gasteiger charge is 2.69. The van der Waals surface area contributed by atoms with E-state index < -0.39 is 0 Å². The topological polar surface area (TPSA) is 79.5 Å². The van der Waals surface area contributed by atoms with Gasteiger partial charge in [-0.1, -0.05) is 92.9 Å². The number of hydrogen-bond donors (Lipinski definition) is 3. The number of halogens is 2. The molecule has 6 rings (SSSR count). The lowest BCUT2D eigenvalue weighted by Gasteiger charge is -2.70. The van der Waals surface area contributed by atoms with Crippen LogP contribution in [0.1, 0.15) is 84.0 Å². The van der Waals surface area contributed by atoms with E-state index in [1.165, 1.54) is 57.8 Å². The predicted octanol–water partition coefficient (Wildman–Crippen LogP) is 6.05. The molecule has 204 valence electrons. The molecule has 3 unspecified atom stereocenters. The Hall–Kier alpha value is -1.15. The summed E-state index contributed by atoms with van der Waals surface area (Å²) in [6, 6.07) is 5.29. The van der Waals surface area contributed by atoms with Gasteiger partial charge < -0.3 is 15.4 Å². The normalized spacial score (nSPS) is 34.1. The van der Waals surface area contributed by atoms with Crippen molar-refractivity contribution >= 4 is 47.0 Å². The third-order valence-electron chi connectivity index (χ3n) is 8.84. The van der Waals surface area contributed by atoms with Crippen molar-refractivity contribution in [2.24, 2.45) is 11.8 Å². The van der Waals surface area contributed by atoms with E-state index in [-0.39, 0.29) is 34.7 Å². The highest BCUT2D eigenvalue weighted by atomic mass is 35.5. The Balaban J connectivity index is 1.09. The SMILES string of the molecule is CC1NSC(C(=O)NC23CC(NC(=O)COc4ccc(Cl)c(Cl)c4)(C2)C3)C1C1CCCCCCCCC1. The van der Waals surface area contributed by atoms with Crippen molar-refractivity contribution in [3.05, 3.63) is 28.2 Å². The Morgan fingerprint density at radius 3 is 2.24 bits per heavy atom. The number of nitrogens with one attached hydrogen (secondary N) is 3. The van der Waals surface area contributed by atoms with E-state index in [1.54, 1.807) is 30.1 Å². The van der Waals surface area contributed by atoms with Gasteiger partial charge in [0.05, 0.1) is 10.0 Å². The van der Waals surface area contributed by atoms with Gasteiger partial charge in [-0.25, -0.2) is 0 Å². The quantitative estimate of drug-likeness (QED) is 0.350. The second kappa shape index (κ2) is 11.5. The smallest absolute Gasteiger partial charge is 0.258 e. The van der Waals surface area contributed by atoms with Gasteiger partial charge in [0.15, 0.2) is 6.61 Å². The van der Waals surface area contributed by atoms with Gasteiger partial charge in [-0.2, -0.15) is 0 Å². The summed E-state index contributed by atoms with van der Waals surface area (Å²) in [5.41, 5.74) is -0.377. The molecule has 4 aliphatic carbocycles. The van der Waals surface area contributed by atoms with Crippen LogP contribution in [0.2, 0.25) is 10.0 Å². The maximum atomic E-state index is 13.5. The minimum atomic E-state index is -0.213. The summed E-state index contributed by atoms with van der Waals surface area (Å²) in [4.78, 5) is 26.0. The van der Waals surface area contributed by atoms with E-state index in [2.05, 4.69) is 22.3 Å². The molecule has 1 aliphatic heterocycles. The number of ether oxygens (including phenoxy) is 1. The van der Waals surface area contributed by atoms with Crippen molar-refractivity contribution in [3.63, 3.8) is 0 Å². The third kappa shape index (κ3) is 6.21. The van der Waals surface area contributed by atoms with E-state index in [0.717, 1.165) is 19.3 Å². The van der Waals surface area contributed by atoms with Crippen molar-refractivity contribution in [2.75, 3.05) is 6.61 Å². The highest BCUT2D eigenvalue weighted by Crippen LogP contribution is 2.60. The van der Waals surface area contributed by atoms with Gasteiger partial charge in [-0.05, 0) is 50.2 Å². The average molecular weight is 569 g/mol. The van der Waals surface area contributed by atoms with Crippen molar-refractivity contribution in [2.45, 2.75) is 106 Å². The molecule has 9 heteroatoms. The second-order valence-electron chi connectivity index (χ2n) is 11.8.